The lowest BCUT2D eigenvalue weighted by Crippen LogP contribution is -2.10. The van der Waals surface area contributed by atoms with E-state index in [0.29, 0.717) is 17.9 Å². The van der Waals surface area contributed by atoms with E-state index in [1.54, 1.807) is 6.92 Å². The van der Waals surface area contributed by atoms with Gasteiger partial charge in [0.25, 0.3) is 5.91 Å². The highest BCUT2D eigenvalue weighted by Crippen LogP contribution is 2.37. The van der Waals surface area contributed by atoms with Crippen LogP contribution >= 0.6 is 15.9 Å². The van der Waals surface area contributed by atoms with Crippen molar-refractivity contribution >= 4 is 45.1 Å². The van der Waals surface area contributed by atoms with Crippen LogP contribution in [0.25, 0.3) is 11.6 Å². The molecule has 5 nitrogen and oxygen atoms in total. The number of esters is 1. The number of nitrogens with one attached hydrogen (secondary N) is 2. The van der Waals surface area contributed by atoms with Gasteiger partial charge in [0.15, 0.2) is 0 Å². The molecule has 0 fully saturated rings. The third kappa shape index (κ3) is 2.88. The molecule has 1 aliphatic heterocycles. The highest BCUT2D eigenvalue weighted by Gasteiger charge is 2.28. The molecule has 134 valence electrons. The predicted molar refractivity (Wildman–Crippen MR) is 104 cm³/mol. The lowest BCUT2D eigenvalue weighted by molar-refractivity contribution is -0.110. The molecular weight excluding hydrogens is 396 g/mol. The summed E-state index contributed by atoms with van der Waals surface area (Å²) in [4.78, 5) is 28.0. The van der Waals surface area contributed by atoms with Crippen molar-refractivity contribution in [2.24, 2.45) is 0 Å². The van der Waals surface area contributed by atoms with E-state index in [4.69, 9.17) is 4.74 Å². The lowest BCUT2D eigenvalue weighted by Gasteiger charge is -2.13. The molecule has 4 rings (SSSR count). The number of rotatable bonds is 3. The normalized spacial score (nSPS) is 17.0. The highest BCUT2D eigenvalue weighted by atomic mass is 79.9. The Bertz CT molecular complexity index is 943. The van der Waals surface area contributed by atoms with Crippen LogP contribution in [0.3, 0.4) is 0 Å². The summed E-state index contributed by atoms with van der Waals surface area (Å²) in [6, 6.07) is 5.73. The van der Waals surface area contributed by atoms with Crippen molar-refractivity contribution in [2.45, 2.75) is 32.6 Å². The molecule has 1 aromatic heterocycles. The molecule has 2 heterocycles. The molecule has 2 N–H and O–H groups in total. The summed E-state index contributed by atoms with van der Waals surface area (Å²) in [6.45, 7) is 2.14. The quantitative estimate of drug-likeness (QED) is 0.579. The minimum atomic E-state index is -0.324. The molecule has 0 radical (unpaired) electrons. The first-order valence-electron chi connectivity index (χ1n) is 8.82. The third-order valence-corrected chi connectivity index (χ3v) is 5.38. The number of carbonyl (C=O) groups is 2. The summed E-state index contributed by atoms with van der Waals surface area (Å²) in [5, 5.41) is 2.90. The second-order valence-electron chi connectivity index (χ2n) is 6.50. The maximum atomic E-state index is 12.5. The lowest BCUT2D eigenvalue weighted by atomic mass is 9.91. The largest absolute Gasteiger partial charge is 0.461 e. The van der Waals surface area contributed by atoms with E-state index in [-0.39, 0.29) is 11.9 Å². The molecule has 6 heteroatoms. The van der Waals surface area contributed by atoms with Crippen molar-refractivity contribution in [3.63, 3.8) is 0 Å². The Kier molecular flexibility index (Phi) is 4.44. The fraction of sp³-hybridized carbons (Fsp3) is 0.300. The Morgan fingerprint density at radius 3 is 2.81 bits per heavy atom. The zero-order valence-electron chi connectivity index (χ0n) is 14.4. The number of aromatic nitrogens is 1. The van der Waals surface area contributed by atoms with E-state index in [2.05, 4.69) is 26.2 Å². The van der Waals surface area contributed by atoms with E-state index in [1.807, 2.05) is 24.3 Å². The summed E-state index contributed by atoms with van der Waals surface area (Å²) in [5.41, 5.74) is 5.81. The van der Waals surface area contributed by atoms with Crippen LogP contribution in [0.15, 0.2) is 22.7 Å². The molecule has 2 aliphatic rings. The Hall–Kier alpha value is -2.34. The van der Waals surface area contributed by atoms with Crippen molar-refractivity contribution in [1.82, 2.24) is 4.98 Å². The van der Waals surface area contributed by atoms with Gasteiger partial charge in [0.05, 0.1) is 17.9 Å². The molecule has 0 atom stereocenters. The van der Waals surface area contributed by atoms with E-state index in [9.17, 15) is 9.59 Å². The van der Waals surface area contributed by atoms with Crippen molar-refractivity contribution in [1.29, 1.82) is 0 Å². The first-order chi connectivity index (χ1) is 12.6. The number of carbonyl (C=O) groups excluding carboxylic acids is 2. The first-order valence-corrected chi connectivity index (χ1v) is 9.61. The monoisotopic (exact) mass is 414 g/mol. The number of anilines is 1. The number of amides is 1. The van der Waals surface area contributed by atoms with Gasteiger partial charge < -0.3 is 15.0 Å². The van der Waals surface area contributed by atoms with Crippen LogP contribution in [0, 0.1) is 0 Å². The van der Waals surface area contributed by atoms with Gasteiger partial charge >= 0.3 is 5.97 Å². The van der Waals surface area contributed by atoms with Gasteiger partial charge in [-0.2, -0.15) is 0 Å². The molecule has 0 spiro atoms. The van der Waals surface area contributed by atoms with E-state index in [0.717, 1.165) is 58.2 Å². The van der Waals surface area contributed by atoms with Gasteiger partial charge in [-0.1, -0.05) is 22.0 Å². The van der Waals surface area contributed by atoms with Crippen LogP contribution in [0.4, 0.5) is 5.69 Å². The van der Waals surface area contributed by atoms with Gasteiger partial charge in [-0.15, -0.1) is 0 Å². The van der Waals surface area contributed by atoms with Crippen molar-refractivity contribution in [3.8, 4) is 0 Å². The zero-order chi connectivity index (χ0) is 18.3. The van der Waals surface area contributed by atoms with Crippen LogP contribution in [-0.4, -0.2) is 23.5 Å². The van der Waals surface area contributed by atoms with E-state index < -0.39 is 0 Å². The standard InChI is InChI=1S/C20H19BrN2O3/c1-2-26-20(25)18-14-6-4-3-5-12(14)17(22-18)10-15-13-8-7-11(21)9-16(13)23-19(15)24/h7-10,22H,2-6H2,1H3,(H,23,24). The number of benzene rings is 1. The molecule has 0 saturated heterocycles. The van der Waals surface area contributed by atoms with Crippen LogP contribution in [-0.2, 0) is 22.4 Å². The maximum absolute atomic E-state index is 12.5. The molecule has 0 bridgehead atoms. The van der Waals surface area contributed by atoms with Gasteiger partial charge in [-0.25, -0.2) is 4.79 Å². The van der Waals surface area contributed by atoms with E-state index >= 15 is 0 Å². The zero-order valence-corrected chi connectivity index (χ0v) is 16.0. The van der Waals surface area contributed by atoms with Crippen LogP contribution < -0.4 is 5.32 Å². The molecule has 1 aliphatic carbocycles. The average molecular weight is 415 g/mol. The van der Waals surface area contributed by atoms with Gasteiger partial charge in [-0.05, 0) is 61.9 Å². The molecule has 26 heavy (non-hydrogen) atoms. The van der Waals surface area contributed by atoms with Gasteiger partial charge in [0, 0.05) is 15.7 Å². The van der Waals surface area contributed by atoms with Crippen molar-refractivity contribution < 1.29 is 14.3 Å². The minimum Gasteiger partial charge on any atom is -0.461 e. The number of fused-ring (bicyclic) bond motifs is 2. The topological polar surface area (TPSA) is 71.2 Å². The summed E-state index contributed by atoms with van der Waals surface area (Å²) in [5.74, 6) is -0.453. The Morgan fingerprint density at radius 2 is 2.04 bits per heavy atom. The van der Waals surface area contributed by atoms with Gasteiger partial charge in [0.2, 0.25) is 0 Å². The average Bonchev–Trinajstić information content (AvgIpc) is 3.13. The number of H-pyrrole nitrogens is 1. The van der Waals surface area contributed by atoms with Crippen molar-refractivity contribution in [2.75, 3.05) is 11.9 Å². The fourth-order valence-corrected chi connectivity index (χ4v) is 4.08. The predicted octanol–water partition coefficient (Wildman–Crippen LogP) is 4.33. The smallest absolute Gasteiger partial charge is 0.355 e. The molecular formula is C20H19BrN2O3. The molecule has 0 saturated carbocycles. The Balaban J connectivity index is 1.81. The number of aromatic amines is 1. The summed E-state index contributed by atoms with van der Waals surface area (Å²) in [6.07, 6.45) is 5.77. The number of halogens is 1. The third-order valence-electron chi connectivity index (χ3n) is 4.89. The van der Waals surface area contributed by atoms with Crippen LogP contribution in [0.5, 0.6) is 0 Å². The second kappa shape index (κ2) is 6.76. The van der Waals surface area contributed by atoms with Crippen LogP contribution in [0.2, 0.25) is 0 Å². The first kappa shape index (κ1) is 17.1. The molecule has 2 aromatic rings. The van der Waals surface area contributed by atoms with Gasteiger partial charge in [0.1, 0.15) is 5.69 Å². The van der Waals surface area contributed by atoms with Crippen LogP contribution in [0.1, 0.15) is 52.6 Å². The minimum absolute atomic E-state index is 0.130. The molecule has 0 unspecified atom stereocenters. The van der Waals surface area contributed by atoms with Gasteiger partial charge in [-0.3, -0.25) is 4.79 Å². The van der Waals surface area contributed by atoms with Crippen molar-refractivity contribution in [3.05, 3.63) is 50.8 Å². The SMILES string of the molecule is CCOC(=O)c1[nH]c(C=C2C(=O)Nc3cc(Br)ccc32)c2c1CCCC2. The highest BCUT2D eigenvalue weighted by molar-refractivity contribution is 9.10. The fourth-order valence-electron chi connectivity index (χ4n) is 3.72. The molecule has 1 aromatic carbocycles. The summed E-state index contributed by atoms with van der Waals surface area (Å²) >= 11 is 3.43. The summed E-state index contributed by atoms with van der Waals surface area (Å²) in [7, 11) is 0. The number of hydrogen-bond donors (Lipinski definition) is 2. The maximum Gasteiger partial charge on any atom is 0.355 e. The number of hydrogen-bond acceptors (Lipinski definition) is 3. The summed E-state index contributed by atoms with van der Waals surface area (Å²) < 4.78 is 6.11. The Labute approximate surface area is 159 Å². The molecule has 1 amide bonds. The van der Waals surface area contributed by atoms with E-state index in [1.165, 1.54) is 0 Å². The second-order valence-corrected chi connectivity index (χ2v) is 7.42. The number of ether oxygens (including phenoxy) is 1. The Morgan fingerprint density at radius 1 is 1.27 bits per heavy atom.